The minimum atomic E-state index is -0.874. The van der Waals surface area contributed by atoms with Gasteiger partial charge in [-0.05, 0) is 22.6 Å². The summed E-state index contributed by atoms with van der Waals surface area (Å²) >= 11 is 1.75. The zero-order valence-electron chi connectivity index (χ0n) is 8.25. The normalized spacial score (nSPS) is 10.4. The van der Waals surface area contributed by atoms with Crippen LogP contribution in [-0.2, 0) is 0 Å². The summed E-state index contributed by atoms with van der Waals surface area (Å²) in [5.74, 6) is -0.161. The molecule has 0 radical (unpaired) electrons. The Kier molecular flexibility index (Phi) is 4.20. The molecule has 8 nitrogen and oxygen atoms in total. The Morgan fingerprint density at radius 1 is 1.65 bits per heavy atom. The zero-order valence-corrected chi connectivity index (χ0v) is 10.4. The minimum absolute atomic E-state index is 0.109. The van der Waals surface area contributed by atoms with Crippen LogP contribution in [0.3, 0.4) is 0 Å². The quantitative estimate of drug-likeness (QED) is 0.324. The maximum Gasteiger partial charge on any atom is 0.332 e. The van der Waals surface area contributed by atoms with E-state index in [9.17, 15) is 20.0 Å². The molecular formula is C8H7IN4O4. The van der Waals surface area contributed by atoms with Crippen molar-refractivity contribution in [2.24, 2.45) is 10.8 Å². The first kappa shape index (κ1) is 13.2. The highest BCUT2D eigenvalue weighted by molar-refractivity contribution is 14.1. The number of rotatable bonds is 3. The van der Waals surface area contributed by atoms with Gasteiger partial charge in [-0.25, -0.2) is 10.2 Å². The van der Waals surface area contributed by atoms with E-state index in [1.165, 1.54) is 6.07 Å². The number of nitro groups is 1. The summed E-state index contributed by atoms with van der Waals surface area (Å²) in [6.45, 7) is 0. The van der Waals surface area contributed by atoms with E-state index >= 15 is 0 Å². The van der Waals surface area contributed by atoms with Gasteiger partial charge in [0.2, 0.25) is 0 Å². The highest BCUT2D eigenvalue weighted by Gasteiger charge is 2.13. The minimum Gasteiger partial charge on any atom is -0.506 e. The van der Waals surface area contributed by atoms with E-state index in [1.807, 2.05) is 5.43 Å². The monoisotopic (exact) mass is 350 g/mol. The number of carbonyl (C=O) groups is 1. The molecule has 2 amide bonds. The van der Waals surface area contributed by atoms with Crippen LogP contribution >= 0.6 is 22.6 Å². The van der Waals surface area contributed by atoms with E-state index in [4.69, 9.17) is 5.73 Å². The largest absolute Gasteiger partial charge is 0.506 e. The van der Waals surface area contributed by atoms with Gasteiger partial charge < -0.3 is 10.8 Å². The summed E-state index contributed by atoms with van der Waals surface area (Å²) in [5.41, 5.74) is 6.60. The zero-order chi connectivity index (χ0) is 13.0. The lowest BCUT2D eigenvalue weighted by molar-refractivity contribution is -0.385. The Hall–Kier alpha value is -1.91. The van der Waals surface area contributed by atoms with Crippen molar-refractivity contribution in [3.8, 4) is 5.75 Å². The van der Waals surface area contributed by atoms with Crippen molar-refractivity contribution in [3.05, 3.63) is 31.4 Å². The molecule has 0 saturated carbocycles. The van der Waals surface area contributed by atoms with Crippen LogP contribution in [-0.4, -0.2) is 22.3 Å². The molecule has 90 valence electrons. The van der Waals surface area contributed by atoms with Gasteiger partial charge in [0.15, 0.2) is 0 Å². The van der Waals surface area contributed by atoms with Gasteiger partial charge in [-0.3, -0.25) is 10.1 Å². The summed E-state index contributed by atoms with van der Waals surface area (Å²) in [6, 6.07) is 1.47. The fraction of sp³-hybridized carbons (Fsp3) is 0. The number of hydrazone groups is 1. The number of nitrogens with zero attached hydrogens (tertiary/aromatic N) is 2. The first-order valence-electron chi connectivity index (χ1n) is 4.17. The topological polar surface area (TPSA) is 131 Å². The second kappa shape index (κ2) is 5.43. The standard InChI is InChI=1S/C8H7IN4O4/c9-6-2-5(13(16)17)1-4(7(6)14)3-11-12-8(10)15/h1-3,14H,(H3,10,12,15). The van der Waals surface area contributed by atoms with E-state index < -0.39 is 11.0 Å². The first-order valence-corrected chi connectivity index (χ1v) is 5.25. The van der Waals surface area contributed by atoms with E-state index in [2.05, 4.69) is 5.10 Å². The van der Waals surface area contributed by atoms with Crippen molar-refractivity contribution in [2.75, 3.05) is 0 Å². The van der Waals surface area contributed by atoms with Crippen LogP contribution in [0.15, 0.2) is 17.2 Å². The van der Waals surface area contributed by atoms with Crippen molar-refractivity contribution in [2.45, 2.75) is 0 Å². The Morgan fingerprint density at radius 2 is 2.29 bits per heavy atom. The number of hydrogen-bond donors (Lipinski definition) is 3. The van der Waals surface area contributed by atoms with Crippen LogP contribution in [0.5, 0.6) is 5.75 Å². The summed E-state index contributed by atoms with van der Waals surface area (Å²) in [6.07, 6.45) is 1.06. The molecule has 0 heterocycles. The maximum atomic E-state index is 10.6. The number of primary amides is 1. The molecule has 1 rings (SSSR count). The number of hydrogen-bond acceptors (Lipinski definition) is 5. The smallest absolute Gasteiger partial charge is 0.332 e. The Morgan fingerprint density at radius 3 is 2.82 bits per heavy atom. The highest BCUT2D eigenvalue weighted by atomic mass is 127. The van der Waals surface area contributed by atoms with Crippen molar-refractivity contribution in [3.63, 3.8) is 0 Å². The summed E-state index contributed by atoms with van der Waals surface area (Å²) in [7, 11) is 0. The van der Waals surface area contributed by atoms with Crippen molar-refractivity contribution >= 4 is 40.5 Å². The summed E-state index contributed by atoms with van der Waals surface area (Å²) in [4.78, 5) is 20.3. The van der Waals surface area contributed by atoms with Gasteiger partial charge in [0, 0.05) is 17.7 Å². The third-order valence-electron chi connectivity index (χ3n) is 1.67. The molecule has 0 bridgehead atoms. The Balaban J connectivity index is 3.09. The maximum absolute atomic E-state index is 10.6. The molecule has 0 atom stereocenters. The highest BCUT2D eigenvalue weighted by Crippen LogP contribution is 2.28. The average molecular weight is 350 g/mol. The lowest BCUT2D eigenvalue weighted by Gasteiger charge is -2.01. The molecule has 4 N–H and O–H groups in total. The predicted molar refractivity (Wildman–Crippen MR) is 67.8 cm³/mol. The lowest BCUT2D eigenvalue weighted by Crippen LogP contribution is -2.24. The molecule has 0 fully saturated rings. The molecule has 0 unspecified atom stereocenters. The molecule has 0 spiro atoms. The summed E-state index contributed by atoms with van der Waals surface area (Å²) < 4.78 is 0.303. The number of nitrogens with two attached hydrogens (primary N) is 1. The molecule has 0 aliphatic rings. The van der Waals surface area contributed by atoms with Crippen molar-refractivity contribution in [1.29, 1.82) is 0 Å². The van der Waals surface area contributed by atoms with Crippen LogP contribution in [0.25, 0.3) is 0 Å². The Bertz CT molecular complexity index is 503. The molecule has 9 heteroatoms. The second-order valence-corrected chi connectivity index (χ2v) is 4.02. The molecule has 0 saturated heterocycles. The fourth-order valence-electron chi connectivity index (χ4n) is 0.975. The average Bonchev–Trinajstić information content (AvgIpc) is 2.23. The lowest BCUT2D eigenvalue weighted by atomic mass is 10.2. The summed E-state index contributed by atoms with van der Waals surface area (Å²) in [5, 5.41) is 23.6. The van der Waals surface area contributed by atoms with Gasteiger partial charge in [-0.1, -0.05) is 0 Å². The van der Waals surface area contributed by atoms with Gasteiger partial charge in [-0.15, -0.1) is 0 Å². The fourth-order valence-corrected chi connectivity index (χ4v) is 1.61. The van der Waals surface area contributed by atoms with Crippen LogP contribution in [0.1, 0.15) is 5.56 Å². The number of urea groups is 1. The van der Waals surface area contributed by atoms with Crippen LogP contribution in [0.4, 0.5) is 10.5 Å². The molecule has 0 aliphatic carbocycles. The number of phenols is 1. The third kappa shape index (κ3) is 3.55. The molecular weight excluding hydrogens is 343 g/mol. The SMILES string of the molecule is NC(=O)NN=Cc1cc([N+](=O)[O-])cc(I)c1O. The molecule has 0 aliphatic heterocycles. The van der Waals surface area contributed by atoms with Gasteiger partial charge in [0.25, 0.3) is 5.69 Å². The number of halogens is 1. The van der Waals surface area contributed by atoms with E-state index in [0.29, 0.717) is 3.57 Å². The number of non-ortho nitro benzene ring substituents is 1. The van der Waals surface area contributed by atoms with Gasteiger partial charge in [-0.2, -0.15) is 5.10 Å². The first-order chi connectivity index (χ1) is 7.91. The van der Waals surface area contributed by atoms with Crippen molar-refractivity contribution < 1.29 is 14.8 Å². The molecule has 1 aromatic carbocycles. The van der Waals surface area contributed by atoms with Gasteiger partial charge in [0.1, 0.15) is 5.75 Å². The number of nitrogens with one attached hydrogen (secondary N) is 1. The Labute approximate surface area is 109 Å². The number of nitro benzene ring substituents is 1. The van der Waals surface area contributed by atoms with E-state index in [-0.39, 0.29) is 17.0 Å². The van der Waals surface area contributed by atoms with Crippen LogP contribution < -0.4 is 11.2 Å². The van der Waals surface area contributed by atoms with Crippen molar-refractivity contribution in [1.82, 2.24) is 5.43 Å². The number of phenolic OH excluding ortho intramolecular Hbond substituents is 1. The number of aromatic hydroxyl groups is 1. The van der Waals surface area contributed by atoms with Crippen LogP contribution in [0, 0.1) is 13.7 Å². The van der Waals surface area contributed by atoms with Gasteiger partial charge >= 0.3 is 6.03 Å². The molecule has 17 heavy (non-hydrogen) atoms. The van der Waals surface area contributed by atoms with E-state index in [1.54, 1.807) is 22.6 Å². The predicted octanol–water partition coefficient (Wildman–Crippen LogP) is 0.907. The van der Waals surface area contributed by atoms with Gasteiger partial charge in [0.05, 0.1) is 14.7 Å². The molecule has 1 aromatic rings. The van der Waals surface area contributed by atoms with E-state index in [0.717, 1.165) is 12.3 Å². The number of carbonyl (C=O) groups excluding carboxylic acids is 1. The van der Waals surface area contributed by atoms with Crippen LogP contribution in [0.2, 0.25) is 0 Å². The molecule has 0 aromatic heterocycles. The third-order valence-corrected chi connectivity index (χ3v) is 2.49. The number of amides is 2. The second-order valence-electron chi connectivity index (χ2n) is 2.86. The number of benzene rings is 1.